The van der Waals surface area contributed by atoms with Gasteiger partial charge in [-0.2, -0.15) is 0 Å². The predicted molar refractivity (Wildman–Crippen MR) is 54.7 cm³/mol. The number of carbonyl (C=O) groups is 2. The van der Waals surface area contributed by atoms with Crippen LogP contribution in [0, 0.1) is 5.82 Å². The van der Waals surface area contributed by atoms with Gasteiger partial charge in [-0.05, 0) is 30.2 Å². The molecule has 16 heavy (non-hydrogen) atoms. The molecule has 0 fully saturated rings. The van der Waals surface area contributed by atoms with E-state index in [0.717, 1.165) is 0 Å². The fourth-order valence-electron chi connectivity index (χ4n) is 1.65. The molecule has 0 N–H and O–H groups in total. The number of hydrogen-bond donors (Lipinski definition) is 0. The molecule has 0 bridgehead atoms. The van der Waals surface area contributed by atoms with E-state index in [1.54, 1.807) is 6.92 Å². The van der Waals surface area contributed by atoms with Gasteiger partial charge >= 0.3 is 11.9 Å². The second-order valence-electron chi connectivity index (χ2n) is 3.60. The van der Waals surface area contributed by atoms with Crippen LogP contribution in [-0.2, 0) is 14.3 Å². The molecule has 1 heterocycles. The maximum Gasteiger partial charge on any atom is 0.346 e. The highest BCUT2D eigenvalue weighted by Crippen LogP contribution is 2.26. The molecule has 0 aromatic heterocycles. The van der Waals surface area contributed by atoms with Crippen LogP contribution in [-0.4, -0.2) is 11.9 Å². The van der Waals surface area contributed by atoms with Gasteiger partial charge in [0, 0.05) is 0 Å². The van der Waals surface area contributed by atoms with E-state index in [1.807, 2.05) is 0 Å². The second-order valence-corrected chi connectivity index (χ2v) is 3.60. The van der Waals surface area contributed by atoms with Gasteiger partial charge in [0.15, 0.2) is 0 Å². The molecule has 1 aliphatic heterocycles. The molecule has 0 amide bonds. The van der Waals surface area contributed by atoms with Gasteiger partial charge in [-0.1, -0.05) is 12.1 Å². The Morgan fingerprint density at radius 3 is 2.38 bits per heavy atom. The quantitative estimate of drug-likeness (QED) is 0.537. The smallest absolute Gasteiger partial charge is 0.346 e. The summed E-state index contributed by atoms with van der Waals surface area (Å²) in [5, 5.41) is 0. The molecule has 0 unspecified atom stereocenters. The summed E-state index contributed by atoms with van der Waals surface area (Å²) in [6.07, 6.45) is 0.0957. The summed E-state index contributed by atoms with van der Waals surface area (Å²) in [6.45, 7) is 1.69. The van der Waals surface area contributed by atoms with Crippen molar-refractivity contribution in [1.82, 2.24) is 0 Å². The summed E-state index contributed by atoms with van der Waals surface area (Å²) in [5.74, 6) is -1.59. The molecule has 4 heteroatoms. The zero-order valence-corrected chi connectivity index (χ0v) is 8.62. The summed E-state index contributed by atoms with van der Waals surface area (Å²) in [6, 6.07) is 5.51. The van der Waals surface area contributed by atoms with E-state index in [0.29, 0.717) is 16.7 Å². The van der Waals surface area contributed by atoms with E-state index < -0.39 is 11.9 Å². The summed E-state index contributed by atoms with van der Waals surface area (Å²) >= 11 is 0. The van der Waals surface area contributed by atoms with E-state index in [1.165, 1.54) is 24.3 Å². The average Bonchev–Trinajstić information content (AvgIpc) is 2.19. The lowest BCUT2D eigenvalue weighted by Crippen LogP contribution is -2.20. The second kappa shape index (κ2) is 3.89. The number of rotatable bonds is 1. The van der Waals surface area contributed by atoms with Crippen molar-refractivity contribution in [3.8, 4) is 0 Å². The van der Waals surface area contributed by atoms with Gasteiger partial charge in [0.25, 0.3) is 0 Å². The number of carbonyl (C=O) groups excluding carboxylic acids is 2. The van der Waals surface area contributed by atoms with E-state index in [2.05, 4.69) is 4.74 Å². The molecule has 0 saturated carbocycles. The Bertz CT molecular complexity index is 485. The Balaban J connectivity index is 2.46. The summed E-state index contributed by atoms with van der Waals surface area (Å²) in [7, 11) is 0. The highest BCUT2D eigenvalue weighted by atomic mass is 19.1. The zero-order valence-electron chi connectivity index (χ0n) is 8.62. The van der Waals surface area contributed by atoms with Crippen LogP contribution < -0.4 is 0 Å². The minimum Gasteiger partial charge on any atom is -0.389 e. The summed E-state index contributed by atoms with van der Waals surface area (Å²) in [4.78, 5) is 22.5. The van der Waals surface area contributed by atoms with Crippen molar-refractivity contribution in [2.24, 2.45) is 0 Å². The van der Waals surface area contributed by atoms with E-state index in [4.69, 9.17) is 0 Å². The largest absolute Gasteiger partial charge is 0.389 e. The molecule has 0 radical (unpaired) electrons. The van der Waals surface area contributed by atoms with Gasteiger partial charge in [0.2, 0.25) is 0 Å². The third-order valence-electron chi connectivity index (χ3n) is 2.38. The number of halogens is 1. The van der Waals surface area contributed by atoms with Crippen molar-refractivity contribution in [1.29, 1.82) is 0 Å². The molecule has 0 atom stereocenters. The molecular weight excluding hydrogens is 211 g/mol. The normalized spacial score (nSPS) is 16.4. The number of esters is 2. The van der Waals surface area contributed by atoms with Crippen LogP contribution in [0.3, 0.4) is 0 Å². The molecule has 82 valence electrons. The molecule has 2 rings (SSSR count). The Morgan fingerprint density at radius 2 is 1.81 bits per heavy atom. The lowest BCUT2D eigenvalue weighted by atomic mass is 9.97. The molecule has 1 aromatic rings. The fraction of sp³-hybridized carbons (Fsp3) is 0.167. The first-order chi connectivity index (χ1) is 7.58. The van der Waals surface area contributed by atoms with Crippen LogP contribution in [0.4, 0.5) is 4.39 Å². The third kappa shape index (κ3) is 1.86. The lowest BCUT2D eigenvalue weighted by molar-refractivity contribution is -0.155. The van der Waals surface area contributed by atoms with Crippen LogP contribution in [0.25, 0.3) is 5.57 Å². The number of benzene rings is 1. The highest BCUT2D eigenvalue weighted by Gasteiger charge is 2.26. The van der Waals surface area contributed by atoms with Crippen molar-refractivity contribution in [3.05, 3.63) is 41.2 Å². The number of cyclic esters (lactones) is 2. The number of ether oxygens (including phenoxy) is 1. The van der Waals surface area contributed by atoms with Crippen LogP contribution in [0.2, 0.25) is 0 Å². The van der Waals surface area contributed by atoms with Crippen molar-refractivity contribution >= 4 is 17.5 Å². The van der Waals surface area contributed by atoms with Crippen LogP contribution in [0.1, 0.15) is 18.9 Å². The van der Waals surface area contributed by atoms with Gasteiger partial charge in [-0.25, -0.2) is 9.18 Å². The molecule has 0 aliphatic carbocycles. The van der Waals surface area contributed by atoms with Crippen LogP contribution in [0.15, 0.2) is 29.8 Å². The summed E-state index contributed by atoms with van der Waals surface area (Å²) < 4.78 is 17.2. The standard InChI is InChI=1S/C12H9FO3/c1-7-6-10(14)16-12(15)11(7)8-2-4-9(13)5-3-8/h2-5H,6H2,1H3. The van der Waals surface area contributed by atoms with Gasteiger partial charge in [-0.15, -0.1) is 0 Å². The summed E-state index contributed by atoms with van der Waals surface area (Å²) in [5.41, 5.74) is 1.56. The predicted octanol–water partition coefficient (Wildman–Crippen LogP) is 2.07. The van der Waals surface area contributed by atoms with Crippen LogP contribution >= 0.6 is 0 Å². The molecule has 1 aliphatic rings. The minimum absolute atomic E-state index is 0.0957. The van der Waals surface area contributed by atoms with E-state index >= 15 is 0 Å². The average molecular weight is 220 g/mol. The topological polar surface area (TPSA) is 43.4 Å². The van der Waals surface area contributed by atoms with Crippen LogP contribution in [0.5, 0.6) is 0 Å². The Kier molecular flexibility index (Phi) is 2.56. The number of hydrogen-bond acceptors (Lipinski definition) is 3. The van der Waals surface area contributed by atoms with Crippen molar-refractivity contribution in [2.75, 3.05) is 0 Å². The van der Waals surface area contributed by atoms with Gasteiger partial charge in [-0.3, -0.25) is 4.79 Å². The molecule has 0 spiro atoms. The van der Waals surface area contributed by atoms with E-state index in [9.17, 15) is 14.0 Å². The Morgan fingerprint density at radius 1 is 1.19 bits per heavy atom. The maximum atomic E-state index is 12.7. The SMILES string of the molecule is CC1=C(c2ccc(F)cc2)C(=O)OC(=O)C1. The minimum atomic E-state index is -0.666. The molecule has 1 aromatic carbocycles. The van der Waals surface area contributed by atoms with Crippen molar-refractivity contribution < 1.29 is 18.7 Å². The molecular formula is C12H9FO3. The third-order valence-corrected chi connectivity index (χ3v) is 2.38. The fourth-order valence-corrected chi connectivity index (χ4v) is 1.65. The van der Waals surface area contributed by atoms with Gasteiger partial charge in [0.1, 0.15) is 5.82 Å². The monoisotopic (exact) mass is 220 g/mol. The highest BCUT2D eigenvalue weighted by molar-refractivity contribution is 6.22. The van der Waals surface area contributed by atoms with Crippen molar-refractivity contribution in [3.63, 3.8) is 0 Å². The first-order valence-electron chi connectivity index (χ1n) is 4.78. The first kappa shape index (κ1) is 10.5. The molecule has 3 nitrogen and oxygen atoms in total. The lowest BCUT2D eigenvalue weighted by Gasteiger charge is -2.15. The van der Waals surface area contributed by atoms with Gasteiger partial charge in [0.05, 0.1) is 12.0 Å². The van der Waals surface area contributed by atoms with E-state index in [-0.39, 0.29) is 12.2 Å². The Labute approximate surface area is 91.5 Å². The first-order valence-corrected chi connectivity index (χ1v) is 4.78. The zero-order chi connectivity index (χ0) is 11.7. The van der Waals surface area contributed by atoms with Crippen molar-refractivity contribution in [2.45, 2.75) is 13.3 Å². The maximum absolute atomic E-state index is 12.7. The molecule has 0 saturated heterocycles. The van der Waals surface area contributed by atoms with Gasteiger partial charge < -0.3 is 4.74 Å². The Hall–Kier alpha value is -1.97.